The standard InChI is InChI=1S/C16H19NO3/c1-10(2)20-15-8-7-11-5-3-4-6-12(11)13(15)9-14(17)16(18)19/h3-8,10,14H,9,17H2,1-2H3,(H,18,19). The predicted octanol–water partition coefficient (Wildman–Crippen LogP) is 2.58. The normalized spacial score (nSPS) is 12.6. The Morgan fingerprint density at radius 3 is 2.60 bits per heavy atom. The molecule has 1 unspecified atom stereocenters. The van der Waals surface area contributed by atoms with E-state index in [4.69, 9.17) is 15.6 Å². The van der Waals surface area contributed by atoms with Crippen LogP contribution in [-0.4, -0.2) is 23.2 Å². The number of nitrogens with two attached hydrogens (primary N) is 1. The molecular weight excluding hydrogens is 254 g/mol. The van der Waals surface area contributed by atoms with E-state index >= 15 is 0 Å². The maximum atomic E-state index is 11.0. The fraction of sp³-hybridized carbons (Fsp3) is 0.312. The summed E-state index contributed by atoms with van der Waals surface area (Å²) in [6.07, 6.45) is 0.273. The van der Waals surface area contributed by atoms with Gasteiger partial charge in [-0.3, -0.25) is 4.79 Å². The van der Waals surface area contributed by atoms with Crippen LogP contribution in [0.3, 0.4) is 0 Å². The van der Waals surface area contributed by atoms with Crippen LogP contribution in [0.5, 0.6) is 5.75 Å². The Morgan fingerprint density at radius 2 is 1.95 bits per heavy atom. The first kappa shape index (κ1) is 14.3. The molecule has 0 heterocycles. The molecule has 106 valence electrons. The van der Waals surface area contributed by atoms with Crippen molar-refractivity contribution in [2.24, 2.45) is 5.73 Å². The van der Waals surface area contributed by atoms with Crippen molar-refractivity contribution in [1.29, 1.82) is 0 Å². The van der Waals surface area contributed by atoms with Gasteiger partial charge in [0.15, 0.2) is 0 Å². The number of hydrogen-bond donors (Lipinski definition) is 2. The Morgan fingerprint density at radius 1 is 1.25 bits per heavy atom. The minimum atomic E-state index is -1.01. The zero-order valence-electron chi connectivity index (χ0n) is 11.7. The molecule has 1 atom stereocenters. The molecule has 3 N–H and O–H groups in total. The average Bonchev–Trinajstić information content (AvgIpc) is 2.40. The molecule has 4 nitrogen and oxygen atoms in total. The van der Waals surface area contributed by atoms with Gasteiger partial charge in [0.1, 0.15) is 11.8 Å². The molecule has 0 bridgehead atoms. The van der Waals surface area contributed by atoms with Gasteiger partial charge in [-0.25, -0.2) is 0 Å². The van der Waals surface area contributed by atoms with Gasteiger partial charge in [-0.15, -0.1) is 0 Å². The highest BCUT2D eigenvalue weighted by Crippen LogP contribution is 2.29. The van der Waals surface area contributed by atoms with Crippen molar-refractivity contribution in [3.05, 3.63) is 42.0 Å². The Bertz CT molecular complexity index is 622. The van der Waals surface area contributed by atoms with Crippen LogP contribution in [0.15, 0.2) is 36.4 Å². The molecular formula is C16H19NO3. The first-order valence-electron chi connectivity index (χ1n) is 6.64. The molecule has 20 heavy (non-hydrogen) atoms. The van der Waals surface area contributed by atoms with Gasteiger partial charge in [0.05, 0.1) is 6.10 Å². The Kier molecular flexibility index (Phi) is 4.25. The summed E-state index contributed by atoms with van der Waals surface area (Å²) < 4.78 is 5.79. The second kappa shape index (κ2) is 5.92. The summed E-state index contributed by atoms with van der Waals surface area (Å²) in [5.74, 6) is -0.302. The molecule has 2 rings (SSSR count). The fourth-order valence-corrected chi connectivity index (χ4v) is 2.20. The molecule has 0 saturated carbocycles. The molecule has 0 aliphatic heterocycles. The maximum Gasteiger partial charge on any atom is 0.320 e. The first-order valence-corrected chi connectivity index (χ1v) is 6.64. The monoisotopic (exact) mass is 273 g/mol. The lowest BCUT2D eigenvalue weighted by Crippen LogP contribution is -2.32. The number of fused-ring (bicyclic) bond motifs is 1. The van der Waals surface area contributed by atoms with Crippen molar-refractivity contribution < 1.29 is 14.6 Å². The third kappa shape index (κ3) is 3.08. The number of carbonyl (C=O) groups is 1. The van der Waals surface area contributed by atoms with E-state index in [2.05, 4.69) is 0 Å². The van der Waals surface area contributed by atoms with Gasteiger partial charge in [0.2, 0.25) is 0 Å². The SMILES string of the molecule is CC(C)Oc1ccc2ccccc2c1CC(N)C(=O)O. The highest BCUT2D eigenvalue weighted by molar-refractivity contribution is 5.88. The molecule has 4 heteroatoms. The number of aliphatic carboxylic acids is 1. The van der Waals surface area contributed by atoms with Crippen LogP contribution in [0, 0.1) is 0 Å². The van der Waals surface area contributed by atoms with Gasteiger partial charge in [0.25, 0.3) is 0 Å². The third-order valence-corrected chi connectivity index (χ3v) is 3.10. The fourth-order valence-electron chi connectivity index (χ4n) is 2.20. The van der Waals surface area contributed by atoms with Crippen molar-refractivity contribution in [2.45, 2.75) is 32.4 Å². The van der Waals surface area contributed by atoms with Gasteiger partial charge < -0.3 is 15.6 Å². The van der Waals surface area contributed by atoms with Crippen molar-refractivity contribution in [3.8, 4) is 5.75 Å². The summed E-state index contributed by atoms with van der Waals surface area (Å²) in [6, 6.07) is 10.8. The topological polar surface area (TPSA) is 72.5 Å². The smallest absolute Gasteiger partial charge is 0.320 e. The Hall–Kier alpha value is -2.07. The molecule has 0 aliphatic carbocycles. The van der Waals surface area contributed by atoms with Crippen LogP contribution in [0.4, 0.5) is 0 Å². The third-order valence-electron chi connectivity index (χ3n) is 3.10. The van der Waals surface area contributed by atoms with Crippen molar-refractivity contribution >= 4 is 16.7 Å². The Labute approximate surface area is 118 Å². The molecule has 0 spiro atoms. The van der Waals surface area contributed by atoms with Gasteiger partial charge in [-0.2, -0.15) is 0 Å². The van der Waals surface area contributed by atoms with E-state index in [0.29, 0.717) is 5.75 Å². The molecule has 0 saturated heterocycles. The largest absolute Gasteiger partial charge is 0.491 e. The average molecular weight is 273 g/mol. The summed E-state index contributed by atoms with van der Waals surface area (Å²) in [5.41, 5.74) is 6.54. The van der Waals surface area contributed by atoms with Gasteiger partial charge in [-0.05, 0) is 30.7 Å². The number of benzene rings is 2. The first-order chi connectivity index (χ1) is 9.49. The zero-order valence-corrected chi connectivity index (χ0v) is 11.7. The summed E-state index contributed by atoms with van der Waals surface area (Å²) in [7, 11) is 0. The second-order valence-electron chi connectivity index (χ2n) is 5.08. The summed E-state index contributed by atoms with van der Waals surface area (Å²) >= 11 is 0. The predicted molar refractivity (Wildman–Crippen MR) is 79.0 cm³/mol. The second-order valence-corrected chi connectivity index (χ2v) is 5.08. The lowest BCUT2D eigenvalue weighted by atomic mass is 9.98. The number of hydrogen-bond acceptors (Lipinski definition) is 3. The van der Waals surface area contributed by atoms with E-state index in [1.165, 1.54) is 0 Å². The molecule has 0 amide bonds. The summed E-state index contributed by atoms with van der Waals surface area (Å²) in [5, 5.41) is 11.1. The van der Waals surface area contributed by atoms with Crippen LogP contribution < -0.4 is 10.5 Å². The summed E-state index contributed by atoms with van der Waals surface area (Å²) in [4.78, 5) is 11.0. The van der Waals surface area contributed by atoms with Crippen LogP contribution in [0.25, 0.3) is 10.8 Å². The van der Waals surface area contributed by atoms with Crippen LogP contribution in [-0.2, 0) is 11.2 Å². The van der Waals surface area contributed by atoms with Crippen molar-refractivity contribution in [3.63, 3.8) is 0 Å². The lowest BCUT2D eigenvalue weighted by Gasteiger charge is -2.18. The molecule has 2 aromatic carbocycles. The van der Waals surface area contributed by atoms with E-state index in [9.17, 15) is 4.79 Å². The molecule has 0 fully saturated rings. The van der Waals surface area contributed by atoms with Crippen LogP contribution in [0.1, 0.15) is 19.4 Å². The maximum absolute atomic E-state index is 11.0. The lowest BCUT2D eigenvalue weighted by molar-refractivity contribution is -0.138. The minimum Gasteiger partial charge on any atom is -0.491 e. The number of ether oxygens (including phenoxy) is 1. The molecule has 2 aromatic rings. The van der Waals surface area contributed by atoms with Gasteiger partial charge in [0, 0.05) is 12.0 Å². The van der Waals surface area contributed by atoms with E-state index < -0.39 is 12.0 Å². The molecule has 0 aliphatic rings. The number of carboxylic acids is 1. The van der Waals surface area contributed by atoms with Gasteiger partial charge in [-0.1, -0.05) is 30.3 Å². The highest BCUT2D eigenvalue weighted by Gasteiger charge is 2.18. The highest BCUT2D eigenvalue weighted by atomic mass is 16.5. The van der Waals surface area contributed by atoms with E-state index in [1.54, 1.807) is 0 Å². The van der Waals surface area contributed by atoms with Crippen LogP contribution >= 0.6 is 0 Å². The summed E-state index contributed by atoms with van der Waals surface area (Å²) in [6.45, 7) is 3.88. The van der Waals surface area contributed by atoms with Crippen LogP contribution in [0.2, 0.25) is 0 Å². The van der Waals surface area contributed by atoms with E-state index in [-0.39, 0.29) is 12.5 Å². The molecule has 0 radical (unpaired) electrons. The number of rotatable bonds is 5. The molecule has 0 aromatic heterocycles. The van der Waals surface area contributed by atoms with Gasteiger partial charge >= 0.3 is 5.97 Å². The van der Waals surface area contributed by atoms with Crippen molar-refractivity contribution in [1.82, 2.24) is 0 Å². The van der Waals surface area contributed by atoms with E-state index in [1.807, 2.05) is 50.2 Å². The quantitative estimate of drug-likeness (QED) is 0.878. The van der Waals surface area contributed by atoms with E-state index in [0.717, 1.165) is 16.3 Å². The number of carboxylic acid groups (broad SMARTS) is 1. The zero-order chi connectivity index (χ0) is 14.7. The minimum absolute atomic E-state index is 0.0240. The Balaban J connectivity index is 2.52. The van der Waals surface area contributed by atoms with Crippen molar-refractivity contribution in [2.75, 3.05) is 0 Å².